The first-order valence-electron chi connectivity index (χ1n) is 26.8. The molecule has 1 aliphatic heterocycles. The number of allylic oxidation sites excluding steroid dienone is 6. The fourth-order valence-corrected chi connectivity index (χ4v) is 18.5. The monoisotopic (exact) mass is 821 g/mol. The number of hydrogen-bond donors (Lipinski definition) is 0. The van der Waals surface area contributed by atoms with Gasteiger partial charge in [-0.25, -0.2) is 0 Å². The van der Waals surface area contributed by atoms with Crippen molar-refractivity contribution in [3.63, 3.8) is 0 Å². The van der Waals surface area contributed by atoms with Gasteiger partial charge in [-0.2, -0.15) is 0 Å². The maximum Gasteiger partial charge on any atom is 0.176 e. The molecule has 2 heteroatoms. The second-order valence-corrected chi connectivity index (χ2v) is 25.9. The first-order valence-corrected chi connectivity index (χ1v) is 26.8. The van der Waals surface area contributed by atoms with Crippen molar-refractivity contribution in [3.8, 4) is 0 Å². The van der Waals surface area contributed by atoms with Crippen LogP contribution >= 0.6 is 0 Å². The molecule has 5 saturated carbocycles. The van der Waals surface area contributed by atoms with Gasteiger partial charge in [-0.05, 0) is 195 Å². The van der Waals surface area contributed by atoms with Crippen LogP contribution in [0.3, 0.4) is 0 Å². The van der Waals surface area contributed by atoms with Gasteiger partial charge in [-0.15, -0.1) is 0 Å². The first kappa shape index (κ1) is 43.9. The molecule has 0 amide bonds. The summed E-state index contributed by atoms with van der Waals surface area (Å²) in [5, 5.41) is 0. The minimum Gasteiger partial charge on any atom is -0.484 e. The lowest BCUT2D eigenvalue weighted by molar-refractivity contribution is -0.182. The Morgan fingerprint density at radius 2 is 1.00 bits per heavy atom. The molecule has 5 fully saturated rings. The van der Waals surface area contributed by atoms with Crippen LogP contribution < -0.4 is 0 Å². The van der Waals surface area contributed by atoms with Crippen LogP contribution in [0.2, 0.25) is 0 Å². The Morgan fingerprint density at radius 3 is 1.55 bits per heavy atom. The highest BCUT2D eigenvalue weighted by atomic mass is 16.5. The number of ketones is 1. The molecule has 0 N–H and O–H groups in total. The van der Waals surface area contributed by atoms with E-state index in [1.165, 1.54) is 108 Å². The standard InChI is InChI=1S/C58H92O2/c1-35(2)37(5)13-15-39(7)44-20-22-46-41-17-19-48-43-25-34-58(60-51(43)28-32-56(48,11)49(41)26-30-54(44,46)9)52-24-18-42-47-23-21-45(40(8)16-14-38(6)36(3)4)55(47,10)31-27-50(42)57(52,12)33-29-53(58)59/h35-40,44-45,48-50,52H,13-34H2,1-12H3/t37-,38-,39-,40-,44-,45-,48+,49+,50+,52+,54-,55-,56+,57-,58+/m1/s1. The van der Waals surface area contributed by atoms with Crippen molar-refractivity contribution in [2.24, 2.45) is 92.7 Å². The van der Waals surface area contributed by atoms with Gasteiger partial charge in [-0.3, -0.25) is 4.79 Å². The molecule has 8 aliphatic carbocycles. The third-order valence-electron chi connectivity index (χ3n) is 23.0. The molecule has 2 nitrogen and oxygen atoms in total. The van der Waals surface area contributed by atoms with E-state index in [2.05, 4.69) is 83.1 Å². The lowest BCUT2D eigenvalue weighted by atomic mass is 9.44. The second kappa shape index (κ2) is 15.7. The van der Waals surface area contributed by atoms with Crippen LogP contribution in [0.5, 0.6) is 0 Å². The maximum absolute atomic E-state index is 14.6. The smallest absolute Gasteiger partial charge is 0.176 e. The van der Waals surface area contributed by atoms with Crippen LogP contribution in [0.1, 0.15) is 224 Å². The minimum absolute atomic E-state index is 0.178. The maximum atomic E-state index is 14.6. The molecular weight excluding hydrogens is 729 g/mol. The summed E-state index contributed by atoms with van der Waals surface area (Å²) in [5.74, 6) is 10.8. The quantitative estimate of drug-likeness (QED) is 0.205. The number of carbonyl (C=O) groups is 1. The van der Waals surface area contributed by atoms with E-state index < -0.39 is 5.60 Å². The summed E-state index contributed by atoms with van der Waals surface area (Å²) in [6.07, 6.45) is 27.8. The summed E-state index contributed by atoms with van der Waals surface area (Å²) in [7, 11) is 0. The Hall–Kier alpha value is -1.31. The highest BCUT2D eigenvalue weighted by Crippen LogP contribution is 2.71. The van der Waals surface area contributed by atoms with E-state index in [0.717, 1.165) is 91.8 Å². The molecule has 0 bridgehead atoms. The number of rotatable bonds is 10. The van der Waals surface area contributed by atoms with Gasteiger partial charge in [0.1, 0.15) is 0 Å². The zero-order valence-corrected chi connectivity index (χ0v) is 41.3. The van der Waals surface area contributed by atoms with Gasteiger partial charge in [0.15, 0.2) is 11.4 Å². The molecule has 0 aromatic rings. The third-order valence-corrected chi connectivity index (χ3v) is 23.0. The Morgan fingerprint density at radius 1 is 0.500 bits per heavy atom. The predicted molar refractivity (Wildman–Crippen MR) is 251 cm³/mol. The van der Waals surface area contributed by atoms with Crippen molar-refractivity contribution in [2.45, 2.75) is 230 Å². The van der Waals surface area contributed by atoms with Crippen LogP contribution in [-0.2, 0) is 9.53 Å². The predicted octanol–water partition coefficient (Wildman–Crippen LogP) is 16.4. The van der Waals surface area contributed by atoms with Gasteiger partial charge in [-0.1, -0.05) is 131 Å². The lowest BCUT2D eigenvalue weighted by Crippen LogP contribution is -2.62. The van der Waals surface area contributed by atoms with Crippen LogP contribution in [-0.4, -0.2) is 11.4 Å². The van der Waals surface area contributed by atoms with E-state index >= 15 is 0 Å². The zero-order valence-electron chi connectivity index (χ0n) is 41.3. The Kier molecular flexibility index (Phi) is 11.5. The summed E-state index contributed by atoms with van der Waals surface area (Å²) in [4.78, 5) is 14.6. The average Bonchev–Trinajstić information content (AvgIpc) is 3.77. The average molecular weight is 821 g/mol. The minimum atomic E-state index is -0.576. The summed E-state index contributed by atoms with van der Waals surface area (Å²) in [5.41, 5.74) is 10.1. The molecule has 1 heterocycles. The van der Waals surface area contributed by atoms with Crippen LogP contribution in [0, 0.1) is 92.7 Å². The molecule has 1 spiro atoms. The molecular formula is C58H92O2. The van der Waals surface area contributed by atoms with Crippen molar-refractivity contribution in [1.82, 2.24) is 0 Å². The van der Waals surface area contributed by atoms with Gasteiger partial charge in [0.2, 0.25) is 0 Å². The van der Waals surface area contributed by atoms with Crippen LogP contribution in [0.4, 0.5) is 0 Å². The van der Waals surface area contributed by atoms with Gasteiger partial charge < -0.3 is 4.74 Å². The molecule has 0 saturated heterocycles. The molecule has 0 unspecified atom stereocenters. The molecule has 15 atom stereocenters. The van der Waals surface area contributed by atoms with E-state index in [9.17, 15) is 4.79 Å². The lowest BCUT2D eigenvalue weighted by Gasteiger charge is -2.62. The van der Waals surface area contributed by atoms with Crippen molar-refractivity contribution in [3.05, 3.63) is 33.6 Å². The Balaban J connectivity index is 0.926. The SMILES string of the molecule is CC(C)[C@H](C)CC[C@@H](C)[C@H]1CCC2=C3CC[C@H]4C5=C(CC[C@]4(C)[C@H]3CC[C@@]21C)O[C@]1(CC5)C(=O)CC[C@]2(C)[C@H]3CC[C@@]4(C)C(=C3CC[C@@H]21)CC[C@@H]4[C@H](C)CC[C@@H](C)C(C)C. The largest absolute Gasteiger partial charge is 0.484 e. The van der Waals surface area contributed by atoms with E-state index in [4.69, 9.17) is 4.74 Å². The van der Waals surface area contributed by atoms with Crippen LogP contribution in [0.15, 0.2) is 33.6 Å². The number of carbonyl (C=O) groups excluding carboxylic acids is 1. The number of fused-ring (bicyclic) bond motifs is 10. The highest BCUT2D eigenvalue weighted by molar-refractivity contribution is 5.89. The highest BCUT2D eigenvalue weighted by Gasteiger charge is 2.66. The zero-order chi connectivity index (χ0) is 42.7. The summed E-state index contributed by atoms with van der Waals surface area (Å²) in [6.45, 7) is 30.6. The molecule has 9 rings (SSSR count). The second-order valence-electron chi connectivity index (χ2n) is 25.9. The van der Waals surface area contributed by atoms with E-state index in [-0.39, 0.29) is 5.41 Å². The van der Waals surface area contributed by atoms with E-state index in [1.807, 2.05) is 22.3 Å². The molecule has 0 aromatic carbocycles. The van der Waals surface area contributed by atoms with Crippen molar-refractivity contribution < 1.29 is 9.53 Å². The number of Topliss-reactive ketones (excluding diaryl/α,β-unsaturated/α-hetero) is 1. The topological polar surface area (TPSA) is 26.3 Å². The van der Waals surface area contributed by atoms with E-state index in [1.54, 1.807) is 5.57 Å². The molecule has 336 valence electrons. The van der Waals surface area contributed by atoms with Gasteiger partial charge in [0.05, 0.1) is 5.76 Å². The summed E-state index contributed by atoms with van der Waals surface area (Å²) in [6, 6.07) is 0. The normalized spacial score (nSPS) is 44.4. The number of hydrogen-bond acceptors (Lipinski definition) is 2. The van der Waals surface area contributed by atoms with Crippen LogP contribution in [0.25, 0.3) is 0 Å². The van der Waals surface area contributed by atoms with Gasteiger partial charge in [0.25, 0.3) is 0 Å². The molecule has 0 aromatic heterocycles. The molecule has 60 heavy (non-hydrogen) atoms. The summed E-state index contributed by atoms with van der Waals surface area (Å²) < 4.78 is 7.58. The Bertz CT molecular complexity index is 1770. The third kappa shape index (κ3) is 6.56. The summed E-state index contributed by atoms with van der Waals surface area (Å²) >= 11 is 0. The van der Waals surface area contributed by atoms with Crippen molar-refractivity contribution in [2.75, 3.05) is 0 Å². The van der Waals surface area contributed by atoms with Crippen molar-refractivity contribution >= 4 is 5.78 Å². The van der Waals surface area contributed by atoms with Crippen molar-refractivity contribution in [1.29, 1.82) is 0 Å². The van der Waals surface area contributed by atoms with E-state index in [0.29, 0.717) is 39.8 Å². The fourth-order valence-electron chi connectivity index (χ4n) is 18.5. The fraction of sp³-hybridized carbons (Fsp3) is 0.879. The molecule has 0 radical (unpaired) electrons. The van der Waals surface area contributed by atoms with Gasteiger partial charge in [0, 0.05) is 18.8 Å². The molecule has 9 aliphatic rings. The first-order chi connectivity index (χ1) is 28.4. The van der Waals surface area contributed by atoms with Gasteiger partial charge >= 0.3 is 0 Å². The number of ether oxygens (including phenoxy) is 1. The Labute approximate surface area is 370 Å².